The van der Waals surface area contributed by atoms with Crippen LogP contribution >= 0.6 is 0 Å². The third-order valence-corrected chi connectivity index (χ3v) is 4.23. The van der Waals surface area contributed by atoms with Crippen LogP contribution in [-0.2, 0) is 0 Å². The van der Waals surface area contributed by atoms with Crippen molar-refractivity contribution in [1.29, 1.82) is 0 Å². The molecule has 0 atom stereocenters. The van der Waals surface area contributed by atoms with Gasteiger partial charge in [-0.1, -0.05) is 31.6 Å². The van der Waals surface area contributed by atoms with E-state index in [-0.39, 0.29) is 0 Å². The summed E-state index contributed by atoms with van der Waals surface area (Å²) >= 11 is 0. The molecule has 1 aromatic rings. The maximum atomic E-state index is 12.2. The molecule has 1 nitrogen and oxygen atoms in total. The minimum atomic E-state index is 0.438. The molecule has 0 amide bonds. The summed E-state index contributed by atoms with van der Waals surface area (Å²) in [5.74, 6) is 2.04. The van der Waals surface area contributed by atoms with Gasteiger partial charge in [0.15, 0.2) is 0 Å². The number of rotatable bonds is 6. The van der Waals surface area contributed by atoms with Crippen LogP contribution < -0.4 is 4.74 Å². The molecule has 1 fully saturated rings. The molecule has 0 unspecified atom stereocenters. The molecule has 0 bridgehead atoms. The van der Waals surface area contributed by atoms with Gasteiger partial charge in [0.25, 0.3) is 0 Å². The minimum absolute atomic E-state index is 0.438. The van der Waals surface area contributed by atoms with Crippen molar-refractivity contribution in [3.8, 4) is 5.75 Å². The molecule has 2 heteroatoms. The molecular weight excluding hydrogens is 251 g/mol. The second-order valence-electron chi connectivity index (χ2n) is 5.70. The predicted molar refractivity (Wildman–Crippen MR) is 81.8 cm³/mol. The van der Waals surface area contributed by atoms with Crippen molar-refractivity contribution in [2.75, 3.05) is 6.61 Å². The lowest BCUT2D eigenvalue weighted by Gasteiger charge is -2.26. The SMILES string of the molecule is CCCCOc1ccc(C2CCC(/C=C/F)CC2)cc1. The van der Waals surface area contributed by atoms with Crippen LogP contribution in [0.25, 0.3) is 0 Å². The van der Waals surface area contributed by atoms with E-state index >= 15 is 0 Å². The smallest absolute Gasteiger partial charge is 0.119 e. The van der Waals surface area contributed by atoms with Crippen LogP contribution in [0.1, 0.15) is 56.9 Å². The normalized spacial score (nSPS) is 23.1. The van der Waals surface area contributed by atoms with Crippen LogP contribution in [-0.4, -0.2) is 6.61 Å². The average Bonchev–Trinajstić information content (AvgIpc) is 2.49. The summed E-state index contributed by atoms with van der Waals surface area (Å²) in [6, 6.07) is 8.55. The van der Waals surface area contributed by atoms with Crippen LogP contribution in [0.3, 0.4) is 0 Å². The summed E-state index contributed by atoms with van der Waals surface area (Å²) in [5, 5.41) is 0. The average molecular weight is 276 g/mol. The Balaban J connectivity index is 1.84. The summed E-state index contributed by atoms with van der Waals surface area (Å²) in [4.78, 5) is 0. The third kappa shape index (κ3) is 4.36. The van der Waals surface area contributed by atoms with Crippen molar-refractivity contribution in [3.05, 3.63) is 42.2 Å². The van der Waals surface area contributed by atoms with Gasteiger partial charge in [-0.05, 0) is 61.6 Å². The zero-order valence-electron chi connectivity index (χ0n) is 12.4. The molecule has 1 aliphatic carbocycles. The van der Waals surface area contributed by atoms with Gasteiger partial charge >= 0.3 is 0 Å². The Labute approximate surface area is 121 Å². The van der Waals surface area contributed by atoms with Crippen molar-refractivity contribution in [2.24, 2.45) is 5.92 Å². The lowest BCUT2D eigenvalue weighted by atomic mass is 9.79. The van der Waals surface area contributed by atoms with Crippen LogP contribution in [0.4, 0.5) is 4.39 Å². The number of allylic oxidation sites excluding steroid dienone is 1. The molecule has 1 saturated carbocycles. The second kappa shape index (κ2) is 8.08. The maximum Gasteiger partial charge on any atom is 0.119 e. The molecule has 0 aliphatic heterocycles. The Morgan fingerprint density at radius 3 is 2.45 bits per heavy atom. The molecule has 1 aromatic carbocycles. The Morgan fingerprint density at radius 1 is 1.15 bits per heavy atom. The van der Waals surface area contributed by atoms with Crippen molar-refractivity contribution in [1.82, 2.24) is 0 Å². The molecule has 0 saturated heterocycles. The van der Waals surface area contributed by atoms with E-state index in [0.717, 1.165) is 50.9 Å². The number of hydrogen-bond acceptors (Lipinski definition) is 1. The zero-order chi connectivity index (χ0) is 14.2. The number of halogens is 1. The highest BCUT2D eigenvalue weighted by molar-refractivity contribution is 5.29. The first-order chi connectivity index (χ1) is 9.83. The van der Waals surface area contributed by atoms with E-state index in [9.17, 15) is 4.39 Å². The van der Waals surface area contributed by atoms with E-state index in [1.807, 2.05) is 0 Å². The van der Waals surface area contributed by atoms with Crippen LogP contribution in [0.2, 0.25) is 0 Å². The standard InChI is InChI=1S/C18H25FO/c1-2-3-14-20-18-10-8-17(9-11-18)16-6-4-15(5-7-16)12-13-19/h8-13,15-16H,2-7,14H2,1H3/b13-12+. The van der Waals surface area contributed by atoms with Gasteiger partial charge in [0.2, 0.25) is 0 Å². The van der Waals surface area contributed by atoms with Crippen molar-refractivity contribution in [2.45, 2.75) is 51.4 Å². The molecule has 0 heterocycles. The van der Waals surface area contributed by atoms with Gasteiger partial charge in [-0.3, -0.25) is 0 Å². The lowest BCUT2D eigenvalue weighted by Crippen LogP contribution is -2.11. The molecule has 20 heavy (non-hydrogen) atoms. The van der Waals surface area contributed by atoms with E-state index in [4.69, 9.17) is 4.74 Å². The monoisotopic (exact) mass is 276 g/mol. The maximum absolute atomic E-state index is 12.2. The summed E-state index contributed by atoms with van der Waals surface area (Å²) in [6.07, 6.45) is 9.19. The van der Waals surface area contributed by atoms with Gasteiger partial charge in [0, 0.05) is 0 Å². The summed E-state index contributed by atoms with van der Waals surface area (Å²) < 4.78 is 17.9. The van der Waals surface area contributed by atoms with Crippen LogP contribution in [0.15, 0.2) is 36.7 Å². The van der Waals surface area contributed by atoms with Crippen LogP contribution in [0.5, 0.6) is 5.75 Å². The van der Waals surface area contributed by atoms with Gasteiger partial charge in [-0.2, -0.15) is 0 Å². The fourth-order valence-corrected chi connectivity index (χ4v) is 2.92. The number of benzene rings is 1. The predicted octanol–water partition coefficient (Wildman–Crippen LogP) is 5.62. The molecular formula is C18H25FO. The highest BCUT2D eigenvalue weighted by atomic mass is 19.1. The Bertz CT molecular complexity index is 402. The Morgan fingerprint density at radius 2 is 1.85 bits per heavy atom. The molecule has 2 rings (SSSR count). The van der Waals surface area contributed by atoms with E-state index < -0.39 is 0 Å². The molecule has 0 spiro atoms. The van der Waals surface area contributed by atoms with Gasteiger partial charge in [0.05, 0.1) is 12.9 Å². The molecule has 1 aliphatic rings. The van der Waals surface area contributed by atoms with Crippen molar-refractivity contribution in [3.63, 3.8) is 0 Å². The fourth-order valence-electron chi connectivity index (χ4n) is 2.92. The quantitative estimate of drug-likeness (QED) is 0.612. The Hall–Kier alpha value is -1.31. The molecule has 0 N–H and O–H groups in total. The number of hydrogen-bond donors (Lipinski definition) is 0. The highest BCUT2D eigenvalue weighted by Crippen LogP contribution is 2.36. The fraction of sp³-hybridized carbons (Fsp3) is 0.556. The Kier molecular flexibility index (Phi) is 6.10. The third-order valence-electron chi connectivity index (χ3n) is 4.23. The first-order valence-electron chi connectivity index (χ1n) is 7.83. The first kappa shape index (κ1) is 15.1. The highest BCUT2D eigenvalue weighted by Gasteiger charge is 2.20. The molecule has 0 radical (unpaired) electrons. The second-order valence-corrected chi connectivity index (χ2v) is 5.70. The summed E-state index contributed by atoms with van der Waals surface area (Å²) in [7, 11) is 0. The van der Waals surface area contributed by atoms with Gasteiger partial charge in [-0.15, -0.1) is 0 Å². The largest absolute Gasteiger partial charge is 0.494 e. The van der Waals surface area contributed by atoms with Gasteiger partial charge in [-0.25, -0.2) is 4.39 Å². The minimum Gasteiger partial charge on any atom is -0.494 e. The number of ether oxygens (including phenoxy) is 1. The van der Waals surface area contributed by atoms with Crippen molar-refractivity contribution < 1.29 is 9.13 Å². The van der Waals surface area contributed by atoms with E-state index in [1.165, 1.54) is 5.56 Å². The van der Waals surface area contributed by atoms with Gasteiger partial charge in [0.1, 0.15) is 5.75 Å². The molecule has 0 aromatic heterocycles. The molecule has 110 valence electrons. The lowest BCUT2D eigenvalue weighted by molar-refractivity contribution is 0.309. The first-order valence-corrected chi connectivity index (χ1v) is 7.83. The van der Waals surface area contributed by atoms with E-state index in [1.54, 1.807) is 6.08 Å². The number of unbranched alkanes of at least 4 members (excludes halogenated alkanes) is 1. The van der Waals surface area contributed by atoms with Crippen LogP contribution in [0, 0.1) is 5.92 Å². The summed E-state index contributed by atoms with van der Waals surface area (Å²) in [6.45, 7) is 2.97. The van der Waals surface area contributed by atoms with E-state index in [0.29, 0.717) is 18.2 Å². The summed E-state index contributed by atoms with van der Waals surface area (Å²) in [5.41, 5.74) is 1.40. The van der Waals surface area contributed by atoms with E-state index in [2.05, 4.69) is 31.2 Å². The zero-order valence-corrected chi connectivity index (χ0v) is 12.4. The van der Waals surface area contributed by atoms with Crippen molar-refractivity contribution >= 4 is 0 Å². The van der Waals surface area contributed by atoms with Gasteiger partial charge < -0.3 is 4.74 Å². The topological polar surface area (TPSA) is 9.23 Å².